The Hall–Kier alpha value is -2.04. The molecule has 5 nitrogen and oxygen atoms in total. The van der Waals surface area contributed by atoms with Crippen LogP contribution in [0, 0.1) is 0 Å². The summed E-state index contributed by atoms with van der Waals surface area (Å²) in [5, 5.41) is 8.98. The number of aliphatic carboxylic acids is 1. The molecule has 2 aliphatic rings. The van der Waals surface area contributed by atoms with Crippen LogP contribution in [0.2, 0.25) is 0 Å². The third-order valence-electron chi connectivity index (χ3n) is 3.49. The predicted molar refractivity (Wildman–Crippen MR) is 66.0 cm³/mol. The molecule has 0 radical (unpaired) electrons. The SMILES string of the molecule is CC1Cc2c(cc3c(c2C(=O)C(=O)O)OC(C)C3)O1. The number of hydrogen-bond donors (Lipinski definition) is 1. The van der Waals surface area contributed by atoms with Gasteiger partial charge in [-0.3, -0.25) is 4.79 Å². The first-order chi connectivity index (χ1) is 8.97. The number of hydrogen-bond acceptors (Lipinski definition) is 4. The summed E-state index contributed by atoms with van der Waals surface area (Å²) in [7, 11) is 0. The third-order valence-corrected chi connectivity index (χ3v) is 3.49. The van der Waals surface area contributed by atoms with Crippen molar-refractivity contribution in [2.24, 2.45) is 0 Å². The lowest BCUT2D eigenvalue weighted by Crippen LogP contribution is -2.17. The molecule has 0 aromatic heterocycles. The van der Waals surface area contributed by atoms with E-state index in [9.17, 15) is 9.59 Å². The van der Waals surface area contributed by atoms with Crippen molar-refractivity contribution in [1.82, 2.24) is 0 Å². The van der Waals surface area contributed by atoms with Crippen LogP contribution in [0.15, 0.2) is 6.07 Å². The second-order valence-corrected chi connectivity index (χ2v) is 5.12. The van der Waals surface area contributed by atoms with Gasteiger partial charge in [0.05, 0.1) is 5.56 Å². The van der Waals surface area contributed by atoms with E-state index in [1.54, 1.807) is 0 Å². The van der Waals surface area contributed by atoms with Crippen LogP contribution >= 0.6 is 0 Å². The summed E-state index contributed by atoms with van der Waals surface area (Å²) in [4.78, 5) is 23.0. The number of ketones is 1. The zero-order valence-corrected chi connectivity index (χ0v) is 10.7. The second kappa shape index (κ2) is 3.98. The maximum Gasteiger partial charge on any atom is 0.377 e. The van der Waals surface area contributed by atoms with Crippen molar-refractivity contribution in [3.05, 3.63) is 22.8 Å². The van der Waals surface area contributed by atoms with Gasteiger partial charge in [0.15, 0.2) is 0 Å². The van der Waals surface area contributed by atoms with Crippen molar-refractivity contribution < 1.29 is 24.2 Å². The highest BCUT2D eigenvalue weighted by atomic mass is 16.5. The average molecular weight is 262 g/mol. The lowest BCUT2D eigenvalue weighted by atomic mass is 9.95. The van der Waals surface area contributed by atoms with Crippen LogP contribution < -0.4 is 9.47 Å². The number of carboxylic acids is 1. The van der Waals surface area contributed by atoms with Crippen molar-refractivity contribution in [2.75, 3.05) is 0 Å². The number of carboxylic acid groups (broad SMARTS) is 1. The first-order valence-corrected chi connectivity index (χ1v) is 6.27. The molecule has 2 heterocycles. The fourth-order valence-corrected chi connectivity index (χ4v) is 2.77. The Morgan fingerprint density at radius 1 is 1.21 bits per heavy atom. The van der Waals surface area contributed by atoms with E-state index in [0.717, 1.165) is 5.56 Å². The summed E-state index contributed by atoms with van der Waals surface area (Å²) >= 11 is 0. The molecule has 0 saturated heterocycles. The van der Waals surface area contributed by atoms with E-state index in [-0.39, 0.29) is 17.8 Å². The molecule has 1 N–H and O–H groups in total. The molecule has 0 bridgehead atoms. The van der Waals surface area contributed by atoms with Crippen LogP contribution in [0.3, 0.4) is 0 Å². The third kappa shape index (κ3) is 1.77. The topological polar surface area (TPSA) is 72.8 Å². The van der Waals surface area contributed by atoms with Crippen LogP contribution in [-0.4, -0.2) is 29.1 Å². The van der Waals surface area contributed by atoms with Gasteiger partial charge in [0.25, 0.3) is 5.78 Å². The molecule has 0 spiro atoms. The van der Waals surface area contributed by atoms with E-state index in [1.165, 1.54) is 0 Å². The molecular formula is C14H14O5. The lowest BCUT2D eigenvalue weighted by Gasteiger charge is -2.10. The monoisotopic (exact) mass is 262 g/mol. The molecule has 1 aromatic rings. The largest absolute Gasteiger partial charge is 0.490 e. The second-order valence-electron chi connectivity index (χ2n) is 5.12. The van der Waals surface area contributed by atoms with Gasteiger partial charge < -0.3 is 14.6 Å². The molecular weight excluding hydrogens is 248 g/mol. The Labute approximate surface area is 110 Å². The van der Waals surface area contributed by atoms with Crippen LogP contribution in [0.25, 0.3) is 0 Å². The first kappa shape index (κ1) is 12.0. The average Bonchev–Trinajstić information content (AvgIpc) is 2.85. The molecule has 1 aromatic carbocycles. The summed E-state index contributed by atoms with van der Waals surface area (Å²) in [5.74, 6) is -1.33. The number of rotatable bonds is 2. The molecule has 5 heteroatoms. The lowest BCUT2D eigenvalue weighted by molar-refractivity contribution is -0.131. The molecule has 3 rings (SSSR count). The Kier molecular flexibility index (Phi) is 2.52. The maximum atomic E-state index is 11.9. The predicted octanol–water partition coefficient (Wildman–Crippen LogP) is 1.60. The maximum absolute atomic E-state index is 11.9. The van der Waals surface area contributed by atoms with E-state index < -0.39 is 11.8 Å². The standard InChI is InChI=1S/C14H14O5/c1-6-3-8-5-10-9(4-7(2)18-10)11(13(8)19-6)12(15)14(16)17/h5-7H,3-4H2,1-2H3,(H,16,17). The van der Waals surface area contributed by atoms with Gasteiger partial charge in [-0.25, -0.2) is 4.79 Å². The van der Waals surface area contributed by atoms with Crippen molar-refractivity contribution in [2.45, 2.75) is 38.9 Å². The van der Waals surface area contributed by atoms with E-state index in [1.807, 2.05) is 19.9 Å². The number of benzene rings is 1. The highest BCUT2D eigenvalue weighted by molar-refractivity contribution is 6.41. The van der Waals surface area contributed by atoms with Gasteiger partial charge in [0.2, 0.25) is 0 Å². The summed E-state index contributed by atoms with van der Waals surface area (Å²) in [6, 6.07) is 1.87. The Morgan fingerprint density at radius 3 is 2.58 bits per heavy atom. The Balaban J connectivity index is 2.21. The summed E-state index contributed by atoms with van der Waals surface area (Å²) in [6.45, 7) is 3.78. The molecule has 2 aliphatic heterocycles. The molecule has 2 atom stereocenters. The number of carbonyl (C=O) groups is 2. The van der Waals surface area contributed by atoms with Crippen LogP contribution in [-0.2, 0) is 17.6 Å². The first-order valence-electron chi connectivity index (χ1n) is 6.27. The zero-order valence-electron chi connectivity index (χ0n) is 10.7. The van der Waals surface area contributed by atoms with Crippen molar-refractivity contribution in [3.63, 3.8) is 0 Å². The van der Waals surface area contributed by atoms with Gasteiger partial charge in [0, 0.05) is 24.0 Å². The Bertz CT molecular complexity index is 554. The quantitative estimate of drug-likeness (QED) is 0.647. The van der Waals surface area contributed by atoms with E-state index in [2.05, 4.69) is 0 Å². The minimum absolute atomic E-state index is 0.0460. The molecule has 100 valence electrons. The fourth-order valence-electron chi connectivity index (χ4n) is 2.77. The van der Waals surface area contributed by atoms with Gasteiger partial charge >= 0.3 is 5.97 Å². The minimum atomic E-state index is -1.46. The molecule has 0 saturated carbocycles. The van der Waals surface area contributed by atoms with Gasteiger partial charge in [-0.05, 0) is 19.9 Å². The normalized spacial score (nSPS) is 23.3. The van der Waals surface area contributed by atoms with Gasteiger partial charge in [-0.15, -0.1) is 0 Å². The summed E-state index contributed by atoms with van der Waals surface area (Å²) < 4.78 is 11.3. The minimum Gasteiger partial charge on any atom is -0.490 e. The number of carbonyl (C=O) groups excluding carboxylic acids is 1. The van der Waals surface area contributed by atoms with E-state index in [0.29, 0.717) is 29.9 Å². The Morgan fingerprint density at radius 2 is 1.89 bits per heavy atom. The van der Waals surface area contributed by atoms with Crippen molar-refractivity contribution in [1.29, 1.82) is 0 Å². The van der Waals surface area contributed by atoms with E-state index >= 15 is 0 Å². The highest BCUT2D eigenvalue weighted by Crippen LogP contribution is 2.43. The van der Waals surface area contributed by atoms with Crippen molar-refractivity contribution >= 4 is 11.8 Å². The van der Waals surface area contributed by atoms with Gasteiger partial charge in [0.1, 0.15) is 23.7 Å². The van der Waals surface area contributed by atoms with Gasteiger partial charge in [-0.2, -0.15) is 0 Å². The molecule has 0 aliphatic carbocycles. The molecule has 2 unspecified atom stereocenters. The fraction of sp³-hybridized carbons (Fsp3) is 0.429. The number of Topliss-reactive ketones (excluding diaryl/α,β-unsaturated/α-hetero) is 1. The number of fused-ring (bicyclic) bond motifs is 2. The van der Waals surface area contributed by atoms with Crippen LogP contribution in [0.4, 0.5) is 0 Å². The zero-order chi connectivity index (χ0) is 13.7. The van der Waals surface area contributed by atoms with Crippen LogP contribution in [0.1, 0.15) is 35.3 Å². The van der Waals surface area contributed by atoms with Crippen LogP contribution in [0.5, 0.6) is 11.5 Å². The molecule has 0 fully saturated rings. The van der Waals surface area contributed by atoms with E-state index in [4.69, 9.17) is 14.6 Å². The summed E-state index contributed by atoms with van der Waals surface area (Å²) in [5.41, 5.74) is 1.69. The molecule has 0 amide bonds. The highest BCUT2D eigenvalue weighted by Gasteiger charge is 2.36. The smallest absolute Gasteiger partial charge is 0.377 e. The van der Waals surface area contributed by atoms with Crippen molar-refractivity contribution in [3.8, 4) is 11.5 Å². The van der Waals surface area contributed by atoms with Gasteiger partial charge in [-0.1, -0.05) is 0 Å². The molecule has 19 heavy (non-hydrogen) atoms. The summed E-state index contributed by atoms with van der Waals surface area (Å²) in [6.07, 6.45) is 1.11. The number of ether oxygens (including phenoxy) is 2.